The minimum Gasteiger partial charge on any atom is -0.378 e. The lowest BCUT2D eigenvalue weighted by Crippen LogP contribution is -2.58. The number of nitrogens with one attached hydrogen (secondary N) is 1. The first-order chi connectivity index (χ1) is 3.22. The van der Waals surface area contributed by atoms with Gasteiger partial charge in [0.05, 0.1) is 0 Å². The summed E-state index contributed by atoms with van der Waals surface area (Å²) in [5.74, 6) is 0.444. The Kier molecular flexibility index (Phi) is 1.05. The molecule has 1 rings (SSSR count). The van der Waals surface area contributed by atoms with Gasteiger partial charge in [-0.2, -0.15) is 0 Å². The van der Waals surface area contributed by atoms with Gasteiger partial charge in [-0.25, -0.2) is 0 Å². The third kappa shape index (κ3) is 0.640. The predicted molar refractivity (Wildman–Crippen MR) is 27.8 cm³/mol. The van der Waals surface area contributed by atoms with Gasteiger partial charge in [0.25, 0.3) is 0 Å². The van der Waals surface area contributed by atoms with Gasteiger partial charge in [-0.15, -0.1) is 0 Å². The quantitative estimate of drug-likeness (QED) is 0.448. The molecule has 1 aliphatic heterocycles. The van der Waals surface area contributed by atoms with Crippen molar-refractivity contribution in [2.75, 3.05) is 0 Å². The van der Waals surface area contributed by atoms with E-state index >= 15 is 0 Å². The molecule has 0 radical (unpaired) electrons. The molecule has 0 aliphatic carbocycles. The third-order valence-corrected chi connectivity index (χ3v) is 1.72. The molecule has 2 heteroatoms. The molecule has 1 saturated heterocycles. The molecule has 42 valence electrons. The van der Waals surface area contributed by atoms with Crippen molar-refractivity contribution in [1.29, 1.82) is 0 Å². The lowest BCUT2D eigenvalue weighted by Gasteiger charge is -2.38. The van der Waals surface area contributed by atoms with Crippen LogP contribution in [0, 0.1) is 5.92 Å². The summed E-state index contributed by atoms with van der Waals surface area (Å²) in [5, 5.41) is 11.7. The summed E-state index contributed by atoms with van der Waals surface area (Å²) in [5.41, 5.74) is 0. The van der Waals surface area contributed by atoms with Crippen molar-refractivity contribution in [3.05, 3.63) is 0 Å². The molecule has 0 amide bonds. The zero-order valence-electron chi connectivity index (χ0n) is 4.68. The van der Waals surface area contributed by atoms with Gasteiger partial charge in [0.1, 0.15) is 6.23 Å². The van der Waals surface area contributed by atoms with E-state index in [4.69, 9.17) is 5.11 Å². The Labute approximate surface area is 43.5 Å². The van der Waals surface area contributed by atoms with Gasteiger partial charge < -0.3 is 5.11 Å². The van der Waals surface area contributed by atoms with E-state index in [1.54, 1.807) is 0 Å². The summed E-state index contributed by atoms with van der Waals surface area (Å²) in [6, 6.07) is 0.509. The molecule has 3 unspecified atom stereocenters. The van der Waals surface area contributed by atoms with Crippen LogP contribution in [0.4, 0.5) is 0 Å². The molecule has 0 aromatic carbocycles. The lowest BCUT2D eigenvalue weighted by atomic mass is 9.93. The number of aliphatic hydroxyl groups excluding tert-OH is 1. The van der Waals surface area contributed by atoms with E-state index in [1.807, 2.05) is 6.92 Å². The smallest absolute Gasteiger partial charge is 0.109 e. The summed E-state index contributed by atoms with van der Waals surface area (Å²) in [6.07, 6.45) is -0.241. The molecule has 0 bridgehead atoms. The van der Waals surface area contributed by atoms with E-state index in [1.165, 1.54) is 0 Å². The van der Waals surface area contributed by atoms with Crippen LogP contribution < -0.4 is 5.32 Å². The first-order valence-corrected chi connectivity index (χ1v) is 2.66. The largest absolute Gasteiger partial charge is 0.378 e. The second kappa shape index (κ2) is 1.46. The van der Waals surface area contributed by atoms with Crippen LogP contribution in [0.15, 0.2) is 0 Å². The van der Waals surface area contributed by atoms with Crippen molar-refractivity contribution < 1.29 is 5.11 Å². The second-order valence-corrected chi connectivity index (χ2v) is 2.26. The summed E-state index contributed by atoms with van der Waals surface area (Å²) >= 11 is 0. The van der Waals surface area contributed by atoms with Gasteiger partial charge in [0.15, 0.2) is 0 Å². The van der Waals surface area contributed by atoms with Crippen molar-refractivity contribution in [3.63, 3.8) is 0 Å². The Balaban J connectivity index is 2.29. The molecule has 2 N–H and O–H groups in total. The fraction of sp³-hybridized carbons (Fsp3) is 1.00. The molecule has 1 heterocycles. The predicted octanol–water partition coefficient (Wildman–Crippen LogP) is -0.0674. The Bertz CT molecular complexity index is 66.5. The molecular formula is C5H11NO. The molecule has 1 aliphatic rings. The SMILES string of the molecule is CC1NC(O)C1C. The van der Waals surface area contributed by atoms with Crippen molar-refractivity contribution >= 4 is 0 Å². The summed E-state index contributed by atoms with van der Waals surface area (Å²) in [4.78, 5) is 0. The molecule has 0 aromatic rings. The van der Waals surface area contributed by atoms with Crippen LogP contribution in [0.3, 0.4) is 0 Å². The highest BCUT2D eigenvalue weighted by molar-refractivity contribution is 4.84. The van der Waals surface area contributed by atoms with Crippen molar-refractivity contribution in [2.24, 2.45) is 5.92 Å². The molecule has 0 saturated carbocycles. The summed E-state index contributed by atoms with van der Waals surface area (Å²) < 4.78 is 0. The van der Waals surface area contributed by atoms with E-state index in [0.717, 1.165) is 0 Å². The number of hydrogen-bond acceptors (Lipinski definition) is 2. The highest BCUT2D eigenvalue weighted by Gasteiger charge is 2.31. The maximum atomic E-state index is 8.78. The van der Waals surface area contributed by atoms with Gasteiger partial charge in [0, 0.05) is 12.0 Å². The van der Waals surface area contributed by atoms with Crippen LogP contribution in [0.1, 0.15) is 13.8 Å². The fourth-order valence-corrected chi connectivity index (χ4v) is 0.728. The van der Waals surface area contributed by atoms with E-state index in [0.29, 0.717) is 12.0 Å². The number of aliphatic hydroxyl groups is 1. The van der Waals surface area contributed by atoms with Gasteiger partial charge >= 0.3 is 0 Å². The monoisotopic (exact) mass is 101 g/mol. The second-order valence-electron chi connectivity index (χ2n) is 2.26. The zero-order chi connectivity index (χ0) is 5.44. The topological polar surface area (TPSA) is 32.3 Å². The summed E-state index contributed by atoms with van der Waals surface area (Å²) in [6.45, 7) is 4.10. The molecule has 2 nitrogen and oxygen atoms in total. The van der Waals surface area contributed by atoms with Crippen molar-refractivity contribution in [3.8, 4) is 0 Å². The minimum atomic E-state index is -0.241. The van der Waals surface area contributed by atoms with Crippen LogP contribution in [-0.4, -0.2) is 17.4 Å². The minimum absolute atomic E-state index is 0.241. The Morgan fingerprint density at radius 1 is 1.43 bits per heavy atom. The normalized spacial score (nSPS) is 51.0. The molecular weight excluding hydrogens is 90.1 g/mol. The van der Waals surface area contributed by atoms with Crippen LogP contribution >= 0.6 is 0 Å². The average Bonchev–Trinajstić information content (AvgIpc) is 1.68. The molecule has 1 fully saturated rings. The summed E-state index contributed by atoms with van der Waals surface area (Å²) in [7, 11) is 0. The zero-order valence-corrected chi connectivity index (χ0v) is 4.68. The third-order valence-electron chi connectivity index (χ3n) is 1.72. The maximum absolute atomic E-state index is 8.78. The fourth-order valence-electron chi connectivity index (χ4n) is 0.728. The van der Waals surface area contributed by atoms with Gasteiger partial charge in [-0.3, -0.25) is 5.32 Å². The van der Waals surface area contributed by atoms with Gasteiger partial charge in [-0.1, -0.05) is 6.92 Å². The van der Waals surface area contributed by atoms with Crippen molar-refractivity contribution in [2.45, 2.75) is 26.1 Å². The van der Waals surface area contributed by atoms with Crippen molar-refractivity contribution in [1.82, 2.24) is 5.32 Å². The number of rotatable bonds is 0. The first kappa shape index (κ1) is 5.06. The van der Waals surface area contributed by atoms with Gasteiger partial charge in [0.2, 0.25) is 0 Å². The van der Waals surface area contributed by atoms with E-state index in [-0.39, 0.29) is 6.23 Å². The van der Waals surface area contributed by atoms with Gasteiger partial charge in [-0.05, 0) is 6.92 Å². The average molecular weight is 101 g/mol. The van der Waals surface area contributed by atoms with E-state index < -0.39 is 0 Å². The lowest BCUT2D eigenvalue weighted by molar-refractivity contribution is -0.0199. The highest BCUT2D eigenvalue weighted by atomic mass is 16.3. The molecule has 0 spiro atoms. The number of hydrogen-bond donors (Lipinski definition) is 2. The van der Waals surface area contributed by atoms with Crippen LogP contribution in [-0.2, 0) is 0 Å². The molecule has 7 heavy (non-hydrogen) atoms. The van der Waals surface area contributed by atoms with E-state index in [2.05, 4.69) is 12.2 Å². The Morgan fingerprint density at radius 2 is 2.00 bits per heavy atom. The standard InChI is InChI=1S/C5H11NO/c1-3-4(2)6-5(3)7/h3-7H,1-2H3. The molecule has 3 atom stereocenters. The Hall–Kier alpha value is -0.0800. The highest BCUT2D eigenvalue weighted by Crippen LogP contribution is 2.16. The maximum Gasteiger partial charge on any atom is 0.109 e. The Morgan fingerprint density at radius 3 is 2.00 bits per heavy atom. The molecule has 0 aromatic heterocycles. The van der Waals surface area contributed by atoms with Crippen LogP contribution in [0.5, 0.6) is 0 Å². The van der Waals surface area contributed by atoms with Crippen LogP contribution in [0.25, 0.3) is 0 Å². The van der Waals surface area contributed by atoms with Crippen LogP contribution in [0.2, 0.25) is 0 Å². The first-order valence-electron chi connectivity index (χ1n) is 2.66. The van der Waals surface area contributed by atoms with E-state index in [9.17, 15) is 0 Å².